The summed E-state index contributed by atoms with van der Waals surface area (Å²) in [5.74, 6) is 0.741. The SMILES string of the molecule is C=CCc1cc(/C=C2\C(=O)ON=C2C)cc(OC)c1OCc1ccc(Cl)cc1. The van der Waals surface area contributed by atoms with Gasteiger partial charge >= 0.3 is 5.97 Å². The number of hydrogen-bond donors (Lipinski definition) is 0. The largest absolute Gasteiger partial charge is 0.493 e. The molecular formula is C22H20ClNO4. The van der Waals surface area contributed by atoms with Crippen LogP contribution in [0.4, 0.5) is 0 Å². The number of ether oxygens (including phenoxy) is 2. The summed E-state index contributed by atoms with van der Waals surface area (Å²) in [5.41, 5.74) is 3.63. The van der Waals surface area contributed by atoms with E-state index in [1.807, 2.05) is 36.4 Å². The van der Waals surface area contributed by atoms with Gasteiger partial charge in [-0.1, -0.05) is 35.0 Å². The van der Waals surface area contributed by atoms with Crippen LogP contribution in [-0.2, 0) is 22.7 Å². The number of halogens is 1. The first-order valence-electron chi connectivity index (χ1n) is 8.69. The zero-order valence-corrected chi connectivity index (χ0v) is 16.5. The Morgan fingerprint density at radius 3 is 2.61 bits per heavy atom. The molecule has 1 heterocycles. The number of benzene rings is 2. The molecule has 0 fully saturated rings. The molecule has 0 atom stereocenters. The van der Waals surface area contributed by atoms with E-state index in [9.17, 15) is 4.79 Å². The summed E-state index contributed by atoms with van der Waals surface area (Å²) < 4.78 is 11.6. The zero-order valence-electron chi connectivity index (χ0n) is 15.7. The van der Waals surface area contributed by atoms with Crippen LogP contribution in [0.15, 0.2) is 59.8 Å². The van der Waals surface area contributed by atoms with E-state index in [0.29, 0.717) is 40.8 Å². The Hall–Kier alpha value is -3.05. The Kier molecular flexibility index (Phi) is 6.16. The topological polar surface area (TPSA) is 57.1 Å². The quantitative estimate of drug-likeness (QED) is 0.376. The van der Waals surface area contributed by atoms with Gasteiger partial charge in [0.15, 0.2) is 11.5 Å². The molecule has 6 heteroatoms. The van der Waals surface area contributed by atoms with Crippen LogP contribution in [0.2, 0.25) is 5.02 Å². The Balaban J connectivity index is 1.94. The van der Waals surface area contributed by atoms with Crippen LogP contribution in [0, 0.1) is 0 Å². The van der Waals surface area contributed by atoms with Crippen LogP contribution in [0.1, 0.15) is 23.6 Å². The molecule has 0 aliphatic carbocycles. The Bertz CT molecular complexity index is 961. The van der Waals surface area contributed by atoms with Crippen molar-refractivity contribution in [2.45, 2.75) is 20.0 Å². The molecule has 28 heavy (non-hydrogen) atoms. The summed E-state index contributed by atoms with van der Waals surface area (Å²) in [5, 5.41) is 4.38. The van der Waals surface area contributed by atoms with Crippen LogP contribution in [0.3, 0.4) is 0 Å². The maximum Gasteiger partial charge on any atom is 0.367 e. The maximum absolute atomic E-state index is 11.8. The number of oxime groups is 1. The van der Waals surface area contributed by atoms with Crippen molar-refractivity contribution in [1.29, 1.82) is 0 Å². The number of allylic oxidation sites excluding steroid dienone is 1. The minimum Gasteiger partial charge on any atom is -0.493 e. The fourth-order valence-electron chi connectivity index (χ4n) is 2.81. The number of rotatable bonds is 7. The first kappa shape index (κ1) is 19.7. The summed E-state index contributed by atoms with van der Waals surface area (Å²) in [6, 6.07) is 11.2. The van der Waals surface area contributed by atoms with Crippen molar-refractivity contribution >= 4 is 29.4 Å². The van der Waals surface area contributed by atoms with Gasteiger partial charge in [0, 0.05) is 10.6 Å². The van der Waals surface area contributed by atoms with Crippen LogP contribution in [0.5, 0.6) is 11.5 Å². The molecule has 0 unspecified atom stereocenters. The molecule has 0 saturated heterocycles. The summed E-state index contributed by atoms with van der Waals surface area (Å²) >= 11 is 5.93. The molecule has 1 aliphatic rings. The average molecular weight is 398 g/mol. The minimum atomic E-state index is -0.468. The Morgan fingerprint density at radius 1 is 1.25 bits per heavy atom. The highest BCUT2D eigenvalue weighted by Crippen LogP contribution is 2.35. The van der Waals surface area contributed by atoms with Gasteiger partial charge in [-0.2, -0.15) is 0 Å². The molecule has 0 saturated carbocycles. The molecule has 0 radical (unpaired) electrons. The highest BCUT2D eigenvalue weighted by atomic mass is 35.5. The van der Waals surface area contributed by atoms with Crippen LogP contribution in [0.25, 0.3) is 6.08 Å². The van der Waals surface area contributed by atoms with Gasteiger partial charge in [-0.15, -0.1) is 6.58 Å². The molecule has 1 aliphatic heterocycles. The standard InChI is InChI=1S/C22H20ClNO4/c1-4-5-17-10-16(11-19-14(2)24-28-22(19)25)12-20(26-3)21(17)27-13-15-6-8-18(23)9-7-15/h4,6-12H,1,5,13H2,2-3H3/b19-11-. The fraction of sp³-hybridized carbons (Fsp3) is 0.182. The van der Waals surface area contributed by atoms with Crippen LogP contribution < -0.4 is 9.47 Å². The van der Waals surface area contributed by atoms with E-state index in [4.69, 9.17) is 25.9 Å². The first-order valence-corrected chi connectivity index (χ1v) is 9.06. The third kappa shape index (κ3) is 4.43. The first-order chi connectivity index (χ1) is 13.5. The number of carbonyl (C=O) groups excluding carboxylic acids is 1. The predicted octanol–water partition coefficient (Wildman–Crippen LogP) is 4.97. The van der Waals surface area contributed by atoms with Crippen molar-refractivity contribution in [2.24, 2.45) is 5.16 Å². The molecule has 0 bridgehead atoms. The maximum atomic E-state index is 11.8. The Labute approximate surface area is 168 Å². The van der Waals surface area contributed by atoms with Gasteiger partial charge in [-0.25, -0.2) is 4.79 Å². The minimum absolute atomic E-state index is 0.371. The molecule has 0 spiro atoms. The third-order valence-electron chi connectivity index (χ3n) is 4.22. The lowest BCUT2D eigenvalue weighted by Gasteiger charge is -2.16. The van der Waals surface area contributed by atoms with Crippen LogP contribution in [-0.4, -0.2) is 18.8 Å². The van der Waals surface area contributed by atoms with Gasteiger partial charge in [0.1, 0.15) is 6.61 Å². The van der Waals surface area contributed by atoms with E-state index in [1.54, 1.807) is 26.2 Å². The lowest BCUT2D eigenvalue weighted by Crippen LogP contribution is -2.03. The van der Waals surface area contributed by atoms with Crippen molar-refractivity contribution in [3.63, 3.8) is 0 Å². The molecular weight excluding hydrogens is 378 g/mol. The molecule has 3 rings (SSSR count). The number of nitrogens with zero attached hydrogens (tertiary/aromatic N) is 1. The van der Waals surface area contributed by atoms with E-state index in [2.05, 4.69) is 11.7 Å². The van der Waals surface area contributed by atoms with Crippen molar-refractivity contribution in [3.8, 4) is 11.5 Å². The molecule has 0 aromatic heterocycles. The molecule has 0 N–H and O–H groups in total. The smallest absolute Gasteiger partial charge is 0.367 e. The lowest BCUT2D eigenvalue weighted by atomic mass is 10.0. The normalized spacial score (nSPS) is 14.6. The molecule has 5 nitrogen and oxygen atoms in total. The van der Waals surface area contributed by atoms with Gasteiger partial charge in [0.25, 0.3) is 0 Å². The molecule has 2 aromatic carbocycles. The second-order valence-electron chi connectivity index (χ2n) is 6.23. The van der Waals surface area contributed by atoms with Gasteiger partial charge in [-0.05, 0) is 54.8 Å². The van der Waals surface area contributed by atoms with E-state index in [-0.39, 0.29) is 0 Å². The lowest BCUT2D eigenvalue weighted by molar-refractivity contribution is -0.136. The van der Waals surface area contributed by atoms with Crippen LogP contribution >= 0.6 is 11.6 Å². The highest BCUT2D eigenvalue weighted by Gasteiger charge is 2.22. The van der Waals surface area contributed by atoms with Crippen molar-refractivity contribution in [1.82, 2.24) is 0 Å². The van der Waals surface area contributed by atoms with Crippen molar-refractivity contribution < 1.29 is 19.1 Å². The monoisotopic (exact) mass is 397 g/mol. The van der Waals surface area contributed by atoms with E-state index in [1.165, 1.54) is 0 Å². The third-order valence-corrected chi connectivity index (χ3v) is 4.47. The fourth-order valence-corrected chi connectivity index (χ4v) is 2.94. The van der Waals surface area contributed by atoms with Gasteiger partial charge in [0.05, 0.1) is 18.4 Å². The zero-order chi connectivity index (χ0) is 20.1. The van der Waals surface area contributed by atoms with Gasteiger partial charge in [-0.3, -0.25) is 0 Å². The Morgan fingerprint density at radius 2 is 2.00 bits per heavy atom. The van der Waals surface area contributed by atoms with E-state index in [0.717, 1.165) is 16.7 Å². The summed E-state index contributed by atoms with van der Waals surface area (Å²) in [4.78, 5) is 16.5. The summed E-state index contributed by atoms with van der Waals surface area (Å²) in [6.45, 7) is 5.91. The molecule has 0 amide bonds. The van der Waals surface area contributed by atoms with Gasteiger partial charge in [0.2, 0.25) is 0 Å². The predicted molar refractivity (Wildman–Crippen MR) is 110 cm³/mol. The number of methoxy groups -OCH3 is 1. The van der Waals surface area contributed by atoms with E-state index >= 15 is 0 Å². The van der Waals surface area contributed by atoms with Crippen molar-refractivity contribution in [2.75, 3.05) is 7.11 Å². The second kappa shape index (κ2) is 8.76. The summed E-state index contributed by atoms with van der Waals surface area (Å²) in [6.07, 6.45) is 4.10. The second-order valence-corrected chi connectivity index (χ2v) is 6.67. The van der Waals surface area contributed by atoms with Crippen molar-refractivity contribution in [3.05, 3.63) is 76.3 Å². The molecule has 2 aromatic rings. The molecule has 144 valence electrons. The highest BCUT2D eigenvalue weighted by molar-refractivity contribution is 6.30. The van der Waals surface area contributed by atoms with E-state index < -0.39 is 5.97 Å². The summed E-state index contributed by atoms with van der Waals surface area (Å²) in [7, 11) is 1.58. The average Bonchev–Trinajstić information content (AvgIpc) is 3.00. The number of carbonyl (C=O) groups is 1. The van der Waals surface area contributed by atoms with Gasteiger partial charge < -0.3 is 14.3 Å². The number of hydrogen-bond acceptors (Lipinski definition) is 5.